The third-order valence-corrected chi connectivity index (χ3v) is 3.32. The van der Waals surface area contributed by atoms with E-state index in [0.29, 0.717) is 5.56 Å². The van der Waals surface area contributed by atoms with Gasteiger partial charge in [-0.1, -0.05) is 33.6 Å². The van der Waals surface area contributed by atoms with E-state index in [9.17, 15) is 9.18 Å². The van der Waals surface area contributed by atoms with Gasteiger partial charge in [-0.15, -0.1) is 0 Å². The Kier molecular flexibility index (Phi) is 4.87. The molecular weight excluding hydrogens is 347 g/mol. The van der Waals surface area contributed by atoms with E-state index in [1.165, 1.54) is 18.3 Å². The van der Waals surface area contributed by atoms with Crippen molar-refractivity contribution in [3.8, 4) is 0 Å². The molecule has 0 heterocycles. The lowest BCUT2D eigenvalue weighted by atomic mass is 10.2. The highest BCUT2D eigenvalue weighted by molar-refractivity contribution is 9.10. The standard InChI is InChI=1S/C14H9BrClFN2O/c15-10-6-4-9(5-7-10)14(20)19-18-8-11-12(16)2-1-3-13(11)17/h1-8H,(H,19,20). The first kappa shape index (κ1) is 14.7. The first-order chi connectivity index (χ1) is 9.58. The highest BCUT2D eigenvalue weighted by Gasteiger charge is 2.05. The molecule has 2 aromatic carbocycles. The van der Waals surface area contributed by atoms with E-state index in [1.54, 1.807) is 30.3 Å². The predicted octanol–water partition coefficient (Wildman–Crippen LogP) is 4.01. The zero-order valence-electron chi connectivity index (χ0n) is 10.1. The van der Waals surface area contributed by atoms with Gasteiger partial charge in [0, 0.05) is 15.6 Å². The second-order valence-electron chi connectivity index (χ2n) is 3.84. The van der Waals surface area contributed by atoms with Crippen molar-refractivity contribution in [2.24, 2.45) is 5.10 Å². The summed E-state index contributed by atoms with van der Waals surface area (Å²) in [6.45, 7) is 0. The van der Waals surface area contributed by atoms with Crippen molar-refractivity contribution in [3.63, 3.8) is 0 Å². The van der Waals surface area contributed by atoms with Crippen LogP contribution in [-0.2, 0) is 0 Å². The Morgan fingerprint density at radius 1 is 1.25 bits per heavy atom. The Morgan fingerprint density at radius 2 is 1.95 bits per heavy atom. The van der Waals surface area contributed by atoms with Gasteiger partial charge in [0.1, 0.15) is 5.82 Å². The monoisotopic (exact) mass is 354 g/mol. The maximum atomic E-state index is 13.4. The Bertz CT molecular complexity index is 638. The lowest BCUT2D eigenvalue weighted by Gasteiger charge is -2.01. The van der Waals surface area contributed by atoms with Gasteiger partial charge in [-0.2, -0.15) is 5.10 Å². The number of amides is 1. The van der Waals surface area contributed by atoms with Crippen LogP contribution in [0, 0.1) is 5.82 Å². The van der Waals surface area contributed by atoms with E-state index in [0.717, 1.165) is 4.47 Å². The molecule has 0 aliphatic rings. The van der Waals surface area contributed by atoms with Crippen molar-refractivity contribution < 1.29 is 9.18 Å². The molecule has 3 nitrogen and oxygen atoms in total. The average molecular weight is 356 g/mol. The summed E-state index contributed by atoms with van der Waals surface area (Å²) < 4.78 is 14.3. The number of nitrogens with zero attached hydrogens (tertiary/aromatic N) is 1. The number of nitrogens with one attached hydrogen (secondary N) is 1. The molecule has 0 aliphatic heterocycles. The number of halogens is 3. The molecule has 1 amide bonds. The summed E-state index contributed by atoms with van der Waals surface area (Å²) in [6, 6.07) is 11.1. The SMILES string of the molecule is O=C(NN=Cc1c(F)cccc1Cl)c1ccc(Br)cc1. The molecule has 0 aliphatic carbocycles. The van der Waals surface area contributed by atoms with Crippen LogP contribution in [0.15, 0.2) is 52.0 Å². The van der Waals surface area contributed by atoms with Crippen LogP contribution < -0.4 is 5.43 Å². The fraction of sp³-hybridized carbons (Fsp3) is 0. The smallest absolute Gasteiger partial charge is 0.267 e. The summed E-state index contributed by atoms with van der Waals surface area (Å²) in [6.07, 6.45) is 1.18. The molecule has 2 aromatic rings. The van der Waals surface area contributed by atoms with E-state index in [4.69, 9.17) is 11.6 Å². The molecule has 0 spiro atoms. The number of hydrogen-bond donors (Lipinski definition) is 1. The molecule has 0 saturated carbocycles. The second-order valence-corrected chi connectivity index (χ2v) is 5.16. The molecule has 1 N–H and O–H groups in total. The molecule has 0 atom stereocenters. The molecule has 102 valence electrons. The summed E-state index contributed by atoms with van der Waals surface area (Å²) in [7, 11) is 0. The topological polar surface area (TPSA) is 41.5 Å². The number of hydrogen-bond acceptors (Lipinski definition) is 2. The van der Waals surface area contributed by atoms with Crippen LogP contribution in [0.4, 0.5) is 4.39 Å². The highest BCUT2D eigenvalue weighted by atomic mass is 79.9. The first-order valence-electron chi connectivity index (χ1n) is 5.61. The maximum Gasteiger partial charge on any atom is 0.271 e. The summed E-state index contributed by atoms with van der Waals surface area (Å²) in [5.41, 5.74) is 2.89. The minimum Gasteiger partial charge on any atom is -0.267 e. The normalized spacial score (nSPS) is 10.8. The van der Waals surface area contributed by atoms with Gasteiger partial charge in [0.15, 0.2) is 0 Å². The number of carbonyl (C=O) groups is 1. The minimum absolute atomic E-state index is 0.130. The van der Waals surface area contributed by atoms with Gasteiger partial charge in [0.05, 0.1) is 11.2 Å². The Balaban J connectivity index is 2.06. The van der Waals surface area contributed by atoms with Gasteiger partial charge in [0.25, 0.3) is 5.91 Å². The van der Waals surface area contributed by atoms with Crippen LogP contribution in [0.1, 0.15) is 15.9 Å². The van der Waals surface area contributed by atoms with E-state index in [2.05, 4.69) is 26.5 Å². The van der Waals surface area contributed by atoms with Crippen LogP contribution in [0.3, 0.4) is 0 Å². The lowest BCUT2D eigenvalue weighted by Crippen LogP contribution is -2.17. The number of hydrazone groups is 1. The molecule has 20 heavy (non-hydrogen) atoms. The van der Waals surface area contributed by atoms with E-state index in [-0.39, 0.29) is 16.5 Å². The van der Waals surface area contributed by atoms with E-state index in [1.807, 2.05) is 0 Å². The predicted molar refractivity (Wildman–Crippen MR) is 80.6 cm³/mol. The van der Waals surface area contributed by atoms with Crippen LogP contribution in [0.25, 0.3) is 0 Å². The van der Waals surface area contributed by atoms with Crippen molar-refractivity contribution in [2.75, 3.05) is 0 Å². The highest BCUT2D eigenvalue weighted by Crippen LogP contribution is 2.16. The van der Waals surface area contributed by atoms with Crippen molar-refractivity contribution in [2.45, 2.75) is 0 Å². The summed E-state index contributed by atoms with van der Waals surface area (Å²) in [4.78, 5) is 11.7. The largest absolute Gasteiger partial charge is 0.271 e. The van der Waals surface area contributed by atoms with Gasteiger partial charge < -0.3 is 0 Å². The zero-order chi connectivity index (χ0) is 14.5. The molecular formula is C14H9BrClFN2O. The second kappa shape index (κ2) is 6.63. The fourth-order valence-electron chi connectivity index (χ4n) is 1.46. The molecule has 0 unspecified atom stereocenters. The van der Waals surface area contributed by atoms with E-state index < -0.39 is 5.82 Å². The molecule has 0 fully saturated rings. The molecule has 0 radical (unpaired) electrons. The number of carbonyl (C=O) groups excluding carboxylic acids is 1. The average Bonchev–Trinajstić information content (AvgIpc) is 2.42. The van der Waals surface area contributed by atoms with Crippen LogP contribution >= 0.6 is 27.5 Å². The number of rotatable bonds is 3. The summed E-state index contributed by atoms with van der Waals surface area (Å²) >= 11 is 9.11. The van der Waals surface area contributed by atoms with Crippen molar-refractivity contribution in [3.05, 3.63) is 68.9 Å². The summed E-state index contributed by atoms with van der Waals surface area (Å²) in [5, 5.41) is 3.93. The molecule has 0 aromatic heterocycles. The van der Waals surface area contributed by atoms with E-state index >= 15 is 0 Å². The minimum atomic E-state index is -0.501. The van der Waals surface area contributed by atoms with Gasteiger partial charge in [-0.3, -0.25) is 4.79 Å². The van der Waals surface area contributed by atoms with Crippen LogP contribution in [-0.4, -0.2) is 12.1 Å². The zero-order valence-corrected chi connectivity index (χ0v) is 12.5. The van der Waals surface area contributed by atoms with Gasteiger partial charge in [-0.25, -0.2) is 9.82 Å². The first-order valence-corrected chi connectivity index (χ1v) is 6.78. The Hall–Kier alpha value is -1.72. The fourth-order valence-corrected chi connectivity index (χ4v) is 1.93. The molecule has 0 bridgehead atoms. The quantitative estimate of drug-likeness (QED) is 0.656. The van der Waals surface area contributed by atoms with Crippen molar-refractivity contribution >= 4 is 39.7 Å². The maximum absolute atomic E-state index is 13.4. The molecule has 2 rings (SSSR count). The van der Waals surface area contributed by atoms with Crippen molar-refractivity contribution in [1.82, 2.24) is 5.43 Å². The Labute approximate surface area is 128 Å². The Morgan fingerprint density at radius 3 is 2.60 bits per heavy atom. The van der Waals surface area contributed by atoms with Crippen LogP contribution in [0.5, 0.6) is 0 Å². The lowest BCUT2D eigenvalue weighted by molar-refractivity contribution is 0.0955. The number of benzene rings is 2. The van der Waals surface area contributed by atoms with Crippen LogP contribution in [0.2, 0.25) is 5.02 Å². The third-order valence-electron chi connectivity index (χ3n) is 2.47. The van der Waals surface area contributed by atoms with Gasteiger partial charge >= 0.3 is 0 Å². The van der Waals surface area contributed by atoms with Gasteiger partial charge in [-0.05, 0) is 36.4 Å². The third kappa shape index (κ3) is 3.65. The summed E-state index contributed by atoms with van der Waals surface area (Å²) in [5.74, 6) is -0.889. The molecule has 6 heteroatoms. The molecule has 0 saturated heterocycles. The van der Waals surface area contributed by atoms with Gasteiger partial charge in [0.2, 0.25) is 0 Å². The van der Waals surface area contributed by atoms with Crippen molar-refractivity contribution in [1.29, 1.82) is 0 Å².